The minimum atomic E-state index is 1.03. The van der Waals surface area contributed by atoms with E-state index in [1.807, 2.05) is 0 Å². The Bertz CT molecular complexity index is 82.6. The van der Waals surface area contributed by atoms with E-state index in [1.54, 1.807) is 0 Å². The number of hydrogen-bond acceptors (Lipinski definition) is 0. The topological polar surface area (TPSA) is 0 Å². The molecule has 0 amide bonds. The molecule has 0 unspecified atom stereocenters. The second kappa shape index (κ2) is 4.06. The van der Waals surface area contributed by atoms with E-state index in [0.717, 1.165) is 5.92 Å². The molecule has 0 heterocycles. The van der Waals surface area contributed by atoms with Crippen molar-refractivity contribution in [3.63, 3.8) is 0 Å². The summed E-state index contributed by atoms with van der Waals surface area (Å²) in [4.78, 5) is 0. The lowest BCUT2D eigenvalue weighted by Crippen LogP contribution is -2.06. The van der Waals surface area contributed by atoms with E-state index in [9.17, 15) is 0 Å². The molecule has 0 bridgehead atoms. The third kappa shape index (κ3) is 2.49. The molecular formula is C8H15P. The first-order chi connectivity index (χ1) is 4.43. The van der Waals surface area contributed by atoms with Gasteiger partial charge in [-0.3, -0.25) is 0 Å². The molecule has 0 aromatic rings. The van der Waals surface area contributed by atoms with Crippen molar-refractivity contribution in [2.24, 2.45) is 5.92 Å². The molecule has 0 nitrogen and oxygen atoms in total. The molecule has 0 radical (unpaired) electrons. The van der Waals surface area contributed by atoms with Crippen molar-refractivity contribution in [3.05, 3.63) is 0 Å². The van der Waals surface area contributed by atoms with Gasteiger partial charge in [0.05, 0.1) is 0 Å². The highest BCUT2D eigenvalue weighted by Gasteiger charge is 2.10. The van der Waals surface area contributed by atoms with Crippen LogP contribution in [0.3, 0.4) is 0 Å². The summed E-state index contributed by atoms with van der Waals surface area (Å²) in [7, 11) is 1.35. The highest BCUT2D eigenvalue weighted by atomic mass is 31.1. The Labute approximate surface area is 59.5 Å². The summed E-state index contributed by atoms with van der Waals surface area (Å²) < 4.78 is 0. The molecule has 1 rings (SSSR count). The van der Waals surface area contributed by atoms with Gasteiger partial charge in [0.15, 0.2) is 0 Å². The summed E-state index contributed by atoms with van der Waals surface area (Å²) in [6.45, 7) is 0. The Morgan fingerprint density at radius 2 is 1.89 bits per heavy atom. The highest BCUT2D eigenvalue weighted by molar-refractivity contribution is 7.36. The van der Waals surface area contributed by atoms with Gasteiger partial charge in [-0.15, -0.1) is 8.20 Å². The van der Waals surface area contributed by atoms with Gasteiger partial charge < -0.3 is 0 Å². The van der Waals surface area contributed by atoms with E-state index >= 15 is 0 Å². The standard InChI is InChI=1S/C8H15P/c1-9-7-8-5-3-2-4-6-8/h8H,1-7H2. The van der Waals surface area contributed by atoms with Crippen LogP contribution in [0, 0.1) is 5.92 Å². The van der Waals surface area contributed by atoms with Gasteiger partial charge in [-0.2, -0.15) is 0 Å². The lowest BCUT2D eigenvalue weighted by atomic mass is 9.91. The van der Waals surface area contributed by atoms with E-state index in [2.05, 4.69) is 6.30 Å². The Kier molecular flexibility index (Phi) is 3.28. The average Bonchev–Trinajstić information content (AvgIpc) is 1.91. The maximum Gasteiger partial charge on any atom is -0.00835 e. The Morgan fingerprint density at radius 3 is 2.44 bits per heavy atom. The van der Waals surface area contributed by atoms with Crippen LogP contribution in [0.5, 0.6) is 0 Å². The zero-order valence-corrected chi connectivity index (χ0v) is 6.87. The van der Waals surface area contributed by atoms with E-state index in [0.29, 0.717) is 0 Å². The fraction of sp³-hybridized carbons (Fsp3) is 0.875. The lowest BCUT2D eigenvalue weighted by molar-refractivity contribution is 0.390. The van der Waals surface area contributed by atoms with E-state index < -0.39 is 0 Å². The second-order valence-electron chi connectivity index (χ2n) is 2.91. The van der Waals surface area contributed by atoms with Crippen molar-refractivity contribution >= 4 is 14.5 Å². The molecule has 1 aliphatic rings. The Hall–Kier alpha value is 0.170. The summed E-state index contributed by atoms with van der Waals surface area (Å²) in [6, 6.07) is 0. The number of hydrogen-bond donors (Lipinski definition) is 0. The molecular weight excluding hydrogens is 127 g/mol. The predicted molar refractivity (Wildman–Crippen MR) is 45.5 cm³/mol. The first kappa shape index (κ1) is 7.28. The van der Waals surface area contributed by atoms with Gasteiger partial charge >= 0.3 is 0 Å². The van der Waals surface area contributed by atoms with Crippen LogP contribution in [-0.4, -0.2) is 12.5 Å². The molecule has 0 spiro atoms. The van der Waals surface area contributed by atoms with Crippen LogP contribution in [0.25, 0.3) is 0 Å². The van der Waals surface area contributed by atoms with Gasteiger partial charge in [-0.05, 0) is 24.9 Å². The minimum absolute atomic E-state index is 1.03. The van der Waals surface area contributed by atoms with Gasteiger partial charge in [-0.1, -0.05) is 25.6 Å². The molecule has 1 heteroatoms. The molecule has 1 aliphatic carbocycles. The monoisotopic (exact) mass is 142 g/mol. The van der Waals surface area contributed by atoms with Crippen molar-refractivity contribution in [2.75, 3.05) is 6.16 Å². The summed E-state index contributed by atoms with van der Waals surface area (Å²) in [5.74, 6) is 1.03. The molecule has 0 aromatic heterocycles. The normalized spacial score (nSPS) is 22.7. The van der Waals surface area contributed by atoms with Gasteiger partial charge in [0.25, 0.3) is 0 Å². The van der Waals surface area contributed by atoms with E-state index in [-0.39, 0.29) is 0 Å². The molecule has 1 fully saturated rings. The zero-order valence-electron chi connectivity index (χ0n) is 5.97. The molecule has 0 N–H and O–H groups in total. The van der Waals surface area contributed by atoms with Crippen LogP contribution in [0.15, 0.2) is 0 Å². The summed E-state index contributed by atoms with van der Waals surface area (Å²) >= 11 is 0. The number of rotatable bonds is 2. The largest absolute Gasteiger partial charge is 0.112 e. The van der Waals surface area contributed by atoms with Gasteiger partial charge in [0, 0.05) is 0 Å². The Balaban J connectivity index is 2.15. The fourth-order valence-corrected chi connectivity index (χ4v) is 2.28. The highest BCUT2D eigenvalue weighted by Crippen LogP contribution is 2.25. The van der Waals surface area contributed by atoms with Crippen molar-refractivity contribution in [3.8, 4) is 0 Å². The van der Waals surface area contributed by atoms with Crippen LogP contribution in [0.1, 0.15) is 32.1 Å². The molecule has 0 atom stereocenters. The molecule has 0 aromatic carbocycles. The Morgan fingerprint density at radius 1 is 1.22 bits per heavy atom. The summed E-state index contributed by atoms with van der Waals surface area (Å²) in [5, 5.41) is 0. The summed E-state index contributed by atoms with van der Waals surface area (Å²) in [6.07, 6.45) is 12.6. The predicted octanol–water partition coefficient (Wildman–Crippen LogP) is 2.94. The molecule has 0 saturated heterocycles. The molecule has 0 aliphatic heterocycles. The van der Waals surface area contributed by atoms with Crippen molar-refractivity contribution in [2.45, 2.75) is 32.1 Å². The van der Waals surface area contributed by atoms with Crippen LogP contribution in [0.2, 0.25) is 0 Å². The molecule has 9 heavy (non-hydrogen) atoms. The van der Waals surface area contributed by atoms with Crippen molar-refractivity contribution < 1.29 is 0 Å². The first-order valence-electron chi connectivity index (χ1n) is 3.86. The minimum Gasteiger partial charge on any atom is -0.112 e. The third-order valence-corrected chi connectivity index (χ3v) is 2.89. The third-order valence-electron chi connectivity index (χ3n) is 2.11. The zero-order chi connectivity index (χ0) is 6.53. The van der Waals surface area contributed by atoms with Crippen molar-refractivity contribution in [1.29, 1.82) is 0 Å². The fourth-order valence-electron chi connectivity index (χ4n) is 1.55. The van der Waals surface area contributed by atoms with Crippen molar-refractivity contribution in [1.82, 2.24) is 0 Å². The van der Waals surface area contributed by atoms with Gasteiger partial charge in [0.1, 0.15) is 0 Å². The van der Waals surface area contributed by atoms with Gasteiger partial charge in [0.2, 0.25) is 0 Å². The van der Waals surface area contributed by atoms with Crippen LogP contribution in [0.4, 0.5) is 0 Å². The maximum absolute atomic E-state index is 3.85. The molecule has 52 valence electrons. The molecule has 1 saturated carbocycles. The second-order valence-corrected chi connectivity index (χ2v) is 3.72. The van der Waals surface area contributed by atoms with E-state index in [4.69, 9.17) is 0 Å². The smallest absolute Gasteiger partial charge is 0.00835 e. The van der Waals surface area contributed by atoms with Crippen LogP contribution < -0.4 is 0 Å². The van der Waals surface area contributed by atoms with E-state index in [1.165, 1.54) is 46.5 Å². The lowest BCUT2D eigenvalue weighted by Gasteiger charge is -2.18. The average molecular weight is 142 g/mol. The van der Waals surface area contributed by atoms with Crippen LogP contribution >= 0.6 is 8.20 Å². The first-order valence-corrected chi connectivity index (χ1v) is 5.12. The quantitative estimate of drug-likeness (QED) is 0.520. The summed E-state index contributed by atoms with van der Waals surface area (Å²) in [5.41, 5.74) is 0. The van der Waals surface area contributed by atoms with Gasteiger partial charge in [-0.25, -0.2) is 0 Å². The SMILES string of the molecule is C=PCC1CCCCC1. The maximum atomic E-state index is 3.85. The van der Waals surface area contributed by atoms with Crippen LogP contribution in [-0.2, 0) is 0 Å².